The highest BCUT2D eigenvalue weighted by molar-refractivity contribution is 6.38. The fraction of sp³-hybridized carbons (Fsp3) is 0.250. The standard InChI is InChI=1S/C24H22Cl3N3O2/c1-5-32-21-17(13(2)24-29-23(27)20-22(26)28-10-11-30(20)24)12-18(25)14(3)19(21)15-6-8-16(31-4)9-7-15/h6-13H,5H2,1-4H3. The second kappa shape index (κ2) is 9.18. The third-order valence-corrected chi connectivity index (χ3v) is 6.45. The van der Waals surface area contributed by atoms with E-state index in [1.54, 1.807) is 19.5 Å². The second-order valence-corrected chi connectivity index (χ2v) is 8.48. The Labute approximate surface area is 201 Å². The van der Waals surface area contributed by atoms with Crippen molar-refractivity contribution in [2.75, 3.05) is 13.7 Å². The van der Waals surface area contributed by atoms with Crippen molar-refractivity contribution >= 4 is 40.3 Å². The van der Waals surface area contributed by atoms with E-state index in [9.17, 15) is 0 Å². The van der Waals surface area contributed by atoms with Crippen LogP contribution >= 0.6 is 34.8 Å². The van der Waals surface area contributed by atoms with Gasteiger partial charge in [-0.05, 0) is 43.2 Å². The number of benzene rings is 2. The molecule has 1 unspecified atom stereocenters. The summed E-state index contributed by atoms with van der Waals surface area (Å²) in [6.07, 6.45) is 3.42. The first kappa shape index (κ1) is 22.7. The summed E-state index contributed by atoms with van der Waals surface area (Å²) in [5, 5.41) is 1.25. The molecule has 0 fully saturated rings. The van der Waals surface area contributed by atoms with Crippen molar-refractivity contribution in [3.05, 3.63) is 75.0 Å². The van der Waals surface area contributed by atoms with Crippen LogP contribution in [-0.2, 0) is 0 Å². The minimum Gasteiger partial charge on any atom is -0.497 e. The van der Waals surface area contributed by atoms with Gasteiger partial charge in [0.05, 0.1) is 13.7 Å². The first-order chi connectivity index (χ1) is 15.4. The molecule has 0 radical (unpaired) electrons. The average molecular weight is 491 g/mol. The molecule has 166 valence electrons. The summed E-state index contributed by atoms with van der Waals surface area (Å²) in [4.78, 5) is 8.71. The molecule has 0 N–H and O–H groups in total. The van der Waals surface area contributed by atoms with E-state index >= 15 is 0 Å². The molecule has 0 bridgehead atoms. The van der Waals surface area contributed by atoms with Gasteiger partial charge in [0.15, 0.2) is 10.3 Å². The van der Waals surface area contributed by atoms with Crippen molar-refractivity contribution in [2.45, 2.75) is 26.7 Å². The van der Waals surface area contributed by atoms with Crippen molar-refractivity contribution in [3.8, 4) is 22.6 Å². The molecule has 0 aliphatic carbocycles. The molecule has 0 saturated heterocycles. The molecule has 2 heterocycles. The number of hydrogen-bond donors (Lipinski definition) is 0. The summed E-state index contributed by atoms with van der Waals surface area (Å²) >= 11 is 19.4. The van der Waals surface area contributed by atoms with Gasteiger partial charge in [0.1, 0.15) is 22.8 Å². The van der Waals surface area contributed by atoms with Gasteiger partial charge in [-0.15, -0.1) is 0 Å². The lowest BCUT2D eigenvalue weighted by Gasteiger charge is -2.22. The lowest BCUT2D eigenvalue weighted by atomic mass is 9.90. The molecule has 0 aliphatic rings. The number of nitrogens with zero attached hydrogens (tertiary/aromatic N) is 3. The van der Waals surface area contributed by atoms with Crippen LogP contribution in [0.2, 0.25) is 15.3 Å². The van der Waals surface area contributed by atoms with E-state index in [1.807, 2.05) is 55.5 Å². The van der Waals surface area contributed by atoms with Crippen LogP contribution in [0.1, 0.15) is 36.7 Å². The van der Waals surface area contributed by atoms with Gasteiger partial charge >= 0.3 is 0 Å². The first-order valence-electron chi connectivity index (χ1n) is 10.2. The van der Waals surface area contributed by atoms with Crippen molar-refractivity contribution in [1.82, 2.24) is 14.4 Å². The highest BCUT2D eigenvalue weighted by Gasteiger charge is 2.26. The zero-order valence-corrected chi connectivity index (χ0v) is 20.4. The van der Waals surface area contributed by atoms with Gasteiger partial charge in [0, 0.05) is 34.5 Å². The van der Waals surface area contributed by atoms with Crippen LogP contribution in [0.5, 0.6) is 11.5 Å². The molecule has 2 aromatic carbocycles. The van der Waals surface area contributed by atoms with Crippen LogP contribution in [0.25, 0.3) is 16.6 Å². The molecule has 32 heavy (non-hydrogen) atoms. The van der Waals surface area contributed by atoms with Crippen LogP contribution in [-0.4, -0.2) is 28.1 Å². The van der Waals surface area contributed by atoms with E-state index in [0.717, 1.165) is 39.6 Å². The van der Waals surface area contributed by atoms with E-state index in [2.05, 4.69) is 9.97 Å². The molecular formula is C24H22Cl3N3O2. The van der Waals surface area contributed by atoms with Gasteiger partial charge in [-0.25, -0.2) is 9.97 Å². The molecule has 4 aromatic rings. The third-order valence-electron chi connectivity index (χ3n) is 5.52. The Balaban J connectivity index is 1.95. The van der Waals surface area contributed by atoms with Gasteiger partial charge in [0.25, 0.3) is 0 Å². The fourth-order valence-corrected chi connectivity index (χ4v) is 4.66. The summed E-state index contributed by atoms with van der Waals surface area (Å²) in [6.45, 7) is 6.50. The van der Waals surface area contributed by atoms with Crippen molar-refractivity contribution in [1.29, 1.82) is 0 Å². The molecule has 1 atom stereocenters. The Hall–Kier alpha value is -2.47. The Bertz CT molecular complexity index is 1290. The van der Waals surface area contributed by atoms with Crippen LogP contribution in [0.4, 0.5) is 0 Å². The molecule has 4 rings (SSSR count). The summed E-state index contributed by atoms with van der Waals surface area (Å²) in [7, 11) is 1.65. The maximum absolute atomic E-state index is 6.72. The normalized spacial score (nSPS) is 12.2. The van der Waals surface area contributed by atoms with E-state index in [1.165, 1.54) is 0 Å². The van der Waals surface area contributed by atoms with Gasteiger partial charge in [-0.1, -0.05) is 53.9 Å². The minimum absolute atomic E-state index is 0.190. The van der Waals surface area contributed by atoms with E-state index in [-0.39, 0.29) is 5.92 Å². The molecule has 0 spiro atoms. The summed E-state index contributed by atoms with van der Waals surface area (Å²) in [6, 6.07) is 9.79. The topological polar surface area (TPSA) is 48.7 Å². The van der Waals surface area contributed by atoms with Crippen molar-refractivity contribution in [3.63, 3.8) is 0 Å². The highest BCUT2D eigenvalue weighted by atomic mass is 35.5. The molecule has 0 aliphatic heterocycles. The Morgan fingerprint density at radius 3 is 2.47 bits per heavy atom. The smallest absolute Gasteiger partial charge is 0.158 e. The number of imidazole rings is 1. The van der Waals surface area contributed by atoms with Crippen LogP contribution in [0, 0.1) is 6.92 Å². The van der Waals surface area contributed by atoms with E-state index in [0.29, 0.717) is 27.5 Å². The molecular weight excluding hydrogens is 469 g/mol. The predicted octanol–water partition coefficient (Wildman–Crippen LogP) is 7.22. The highest BCUT2D eigenvalue weighted by Crippen LogP contribution is 2.45. The van der Waals surface area contributed by atoms with Crippen LogP contribution in [0.3, 0.4) is 0 Å². The maximum atomic E-state index is 6.72. The largest absolute Gasteiger partial charge is 0.497 e. The number of halogens is 3. The van der Waals surface area contributed by atoms with Crippen molar-refractivity contribution in [2.24, 2.45) is 0 Å². The Kier molecular flexibility index (Phi) is 6.52. The second-order valence-electron chi connectivity index (χ2n) is 7.36. The van der Waals surface area contributed by atoms with Gasteiger partial charge in [-0.2, -0.15) is 0 Å². The molecule has 2 aromatic heterocycles. The lowest BCUT2D eigenvalue weighted by molar-refractivity contribution is 0.336. The van der Waals surface area contributed by atoms with Crippen LogP contribution < -0.4 is 9.47 Å². The molecule has 0 saturated carbocycles. The maximum Gasteiger partial charge on any atom is 0.158 e. The molecule has 8 heteroatoms. The third kappa shape index (κ3) is 3.90. The Morgan fingerprint density at radius 1 is 1.09 bits per heavy atom. The number of fused-ring (bicyclic) bond motifs is 1. The Morgan fingerprint density at radius 2 is 1.81 bits per heavy atom. The van der Waals surface area contributed by atoms with Gasteiger partial charge in [0.2, 0.25) is 0 Å². The molecule has 5 nitrogen and oxygen atoms in total. The SMILES string of the molecule is CCOc1c(C(C)c2nc(Cl)c3c(Cl)nccn23)cc(Cl)c(C)c1-c1ccc(OC)cc1. The van der Waals surface area contributed by atoms with E-state index in [4.69, 9.17) is 44.3 Å². The average Bonchev–Trinajstić information content (AvgIpc) is 3.14. The fourth-order valence-electron chi connectivity index (χ4n) is 3.90. The summed E-state index contributed by atoms with van der Waals surface area (Å²) in [5.74, 6) is 2.07. The zero-order valence-electron chi connectivity index (χ0n) is 18.1. The van der Waals surface area contributed by atoms with Gasteiger partial charge in [-0.3, -0.25) is 4.40 Å². The quantitative estimate of drug-likeness (QED) is 0.286. The number of aromatic nitrogens is 3. The van der Waals surface area contributed by atoms with Crippen molar-refractivity contribution < 1.29 is 9.47 Å². The number of hydrogen-bond acceptors (Lipinski definition) is 4. The van der Waals surface area contributed by atoms with E-state index < -0.39 is 0 Å². The number of methoxy groups -OCH3 is 1. The van der Waals surface area contributed by atoms with Gasteiger partial charge < -0.3 is 9.47 Å². The zero-order chi connectivity index (χ0) is 23.0. The first-order valence-corrected chi connectivity index (χ1v) is 11.3. The lowest BCUT2D eigenvalue weighted by Crippen LogP contribution is -2.08. The summed E-state index contributed by atoms with van der Waals surface area (Å²) < 4.78 is 13.4. The summed E-state index contributed by atoms with van der Waals surface area (Å²) in [5.41, 5.74) is 4.35. The molecule has 0 amide bonds. The monoisotopic (exact) mass is 489 g/mol. The minimum atomic E-state index is -0.190. The number of ether oxygens (including phenoxy) is 2. The predicted molar refractivity (Wildman–Crippen MR) is 130 cm³/mol. The number of rotatable bonds is 6. The van der Waals surface area contributed by atoms with Crippen LogP contribution in [0.15, 0.2) is 42.7 Å².